The van der Waals surface area contributed by atoms with E-state index in [2.05, 4.69) is 11.0 Å². The molecule has 4 rings (SSSR count). The Bertz CT molecular complexity index is 853. The third-order valence-electron chi connectivity index (χ3n) is 5.31. The van der Waals surface area contributed by atoms with Crippen LogP contribution in [0.4, 0.5) is 0 Å². The number of aromatic nitrogens is 1. The average molecular weight is 356 g/mol. The number of aryl methyl sites for hydroxylation is 1. The van der Waals surface area contributed by atoms with Crippen LogP contribution in [0.25, 0.3) is 0 Å². The highest BCUT2D eigenvalue weighted by molar-refractivity contribution is 5.55. The van der Waals surface area contributed by atoms with Gasteiger partial charge in [-0.25, -0.2) is 0 Å². The lowest BCUT2D eigenvalue weighted by atomic mass is 9.90. The van der Waals surface area contributed by atoms with Crippen molar-refractivity contribution in [3.05, 3.63) is 51.9 Å². The van der Waals surface area contributed by atoms with Crippen LogP contribution >= 0.6 is 0 Å². The molecular formula is C20H24N2O4. The van der Waals surface area contributed by atoms with Crippen molar-refractivity contribution in [3.63, 3.8) is 0 Å². The summed E-state index contributed by atoms with van der Waals surface area (Å²) < 4.78 is 18.0. The highest BCUT2D eigenvalue weighted by atomic mass is 16.7. The fourth-order valence-electron chi connectivity index (χ4n) is 3.78. The summed E-state index contributed by atoms with van der Waals surface area (Å²) in [5, 5.41) is 0. The Hall–Kier alpha value is -2.47. The third kappa shape index (κ3) is 3.29. The molecule has 0 bridgehead atoms. The van der Waals surface area contributed by atoms with E-state index in [1.54, 1.807) is 24.8 Å². The van der Waals surface area contributed by atoms with Crippen LogP contribution in [0.5, 0.6) is 17.2 Å². The molecule has 3 heterocycles. The Labute approximate surface area is 152 Å². The molecule has 0 saturated carbocycles. The number of piperidine rings is 1. The summed E-state index contributed by atoms with van der Waals surface area (Å²) in [5.74, 6) is 2.64. The fourth-order valence-corrected chi connectivity index (χ4v) is 3.78. The Morgan fingerprint density at radius 2 is 2.00 bits per heavy atom. The number of rotatable bonds is 4. The van der Waals surface area contributed by atoms with Crippen molar-refractivity contribution in [3.8, 4) is 17.2 Å². The van der Waals surface area contributed by atoms with Gasteiger partial charge in [-0.2, -0.15) is 0 Å². The monoisotopic (exact) mass is 356 g/mol. The number of fused-ring (bicyclic) bond motifs is 1. The number of hydrogen-bond donors (Lipinski definition) is 0. The van der Waals surface area contributed by atoms with Crippen LogP contribution in [-0.2, 0) is 13.6 Å². The lowest BCUT2D eigenvalue weighted by molar-refractivity contribution is 0.171. The zero-order chi connectivity index (χ0) is 18.1. The molecule has 0 radical (unpaired) electrons. The van der Waals surface area contributed by atoms with E-state index in [0.29, 0.717) is 11.7 Å². The number of hydrogen-bond acceptors (Lipinski definition) is 5. The SMILES string of the molecule is COc1cc(CN2CCC(c3ccn(C)c(=O)c3)CC2)cc2c1OCO2. The second kappa shape index (κ2) is 7.03. The van der Waals surface area contributed by atoms with Crippen LogP contribution in [-0.4, -0.2) is 36.5 Å². The molecule has 0 atom stereocenters. The highest BCUT2D eigenvalue weighted by Gasteiger charge is 2.24. The lowest BCUT2D eigenvalue weighted by Crippen LogP contribution is -2.32. The molecule has 1 aromatic carbocycles. The molecule has 0 aliphatic carbocycles. The van der Waals surface area contributed by atoms with Crippen LogP contribution in [0.2, 0.25) is 0 Å². The molecule has 2 aliphatic heterocycles. The molecule has 26 heavy (non-hydrogen) atoms. The van der Waals surface area contributed by atoms with E-state index in [1.165, 1.54) is 0 Å². The van der Waals surface area contributed by atoms with E-state index in [1.807, 2.05) is 18.3 Å². The first-order chi connectivity index (χ1) is 12.6. The number of ether oxygens (including phenoxy) is 3. The van der Waals surface area contributed by atoms with Crippen LogP contribution in [0.1, 0.15) is 29.9 Å². The number of methoxy groups -OCH3 is 1. The van der Waals surface area contributed by atoms with Crippen molar-refractivity contribution in [2.45, 2.75) is 25.3 Å². The first-order valence-corrected chi connectivity index (χ1v) is 8.99. The van der Waals surface area contributed by atoms with Gasteiger partial charge >= 0.3 is 0 Å². The third-order valence-corrected chi connectivity index (χ3v) is 5.31. The van der Waals surface area contributed by atoms with E-state index in [-0.39, 0.29) is 12.4 Å². The Balaban J connectivity index is 1.41. The van der Waals surface area contributed by atoms with Crippen LogP contribution in [0, 0.1) is 0 Å². The minimum absolute atomic E-state index is 0.0670. The molecule has 6 nitrogen and oxygen atoms in total. The summed E-state index contributed by atoms with van der Waals surface area (Å²) in [7, 11) is 3.44. The Kier molecular flexibility index (Phi) is 4.59. The normalized spacial score (nSPS) is 17.5. The quantitative estimate of drug-likeness (QED) is 0.843. The van der Waals surface area contributed by atoms with E-state index < -0.39 is 0 Å². The molecule has 1 saturated heterocycles. The summed E-state index contributed by atoms with van der Waals surface area (Å²) >= 11 is 0. The van der Waals surface area contributed by atoms with Gasteiger partial charge in [-0.15, -0.1) is 0 Å². The van der Waals surface area contributed by atoms with Gasteiger partial charge in [-0.3, -0.25) is 9.69 Å². The molecule has 0 spiro atoms. The molecule has 0 unspecified atom stereocenters. The molecule has 2 aromatic rings. The van der Waals surface area contributed by atoms with E-state index in [0.717, 1.165) is 55.1 Å². The van der Waals surface area contributed by atoms with Gasteiger partial charge in [0.1, 0.15) is 0 Å². The van der Waals surface area contributed by atoms with Crippen molar-refractivity contribution >= 4 is 0 Å². The lowest BCUT2D eigenvalue weighted by Gasteiger charge is -2.32. The standard InChI is InChI=1S/C20H24N2O4/c1-21-6-3-16(11-19(21)23)15-4-7-22(8-5-15)12-14-9-17(24-2)20-18(10-14)25-13-26-20/h3,6,9-11,15H,4-5,7-8,12-13H2,1-2H3. The predicted molar refractivity (Wildman–Crippen MR) is 98.1 cm³/mol. The first-order valence-electron chi connectivity index (χ1n) is 8.99. The predicted octanol–water partition coefficient (Wildman–Crippen LogP) is 2.50. The summed E-state index contributed by atoms with van der Waals surface area (Å²) in [6, 6.07) is 7.92. The van der Waals surface area contributed by atoms with Crippen molar-refractivity contribution in [1.82, 2.24) is 9.47 Å². The van der Waals surface area contributed by atoms with Gasteiger partial charge in [0.15, 0.2) is 11.5 Å². The van der Waals surface area contributed by atoms with Gasteiger partial charge < -0.3 is 18.8 Å². The second-order valence-electron chi connectivity index (χ2n) is 6.99. The molecule has 1 fully saturated rings. The van der Waals surface area contributed by atoms with Crippen LogP contribution < -0.4 is 19.8 Å². The maximum atomic E-state index is 11.9. The number of benzene rings is 1. The maximum Gasteiger partial charge on any atom is 0.250 e. The second-order valence-corrected chi connectivity index (χ2v) is 6.99. The number of pyridine rings is 1. The van der Waals surface area contributed by atoms with Gasteiger partial charge in [0.05, 0.1) is 7.11 Å². The average Bonchev–Trinajstić information content (AvgIpc) is 3.12. The molecule has 2 aliphatic rings. The molecule has 6 heteroatoms. The molecule has 0 N–H and O–H groups in total. The number of nitrogens with zero attached hydrogens (tertiary/aromatic N) is 2. The largest absolute Gasteiger partial charge is 0.493 e. The zero-order valence-corrected chi connectivity index (χ0v) is 15.2. The zero-order valence-electron chi connectivity index (χ0n) is 15.2. The van der Waals surface area contributed by atoms with Gasteiger partial charge in [-0.05, 0) is 61.2 Å². The topological polar surface area (TPSA) is 52.9 Å². The van der Waals surface area contributed by atoms with E-state index >= 15 is 0 Å². The fraction of sp³-hybridized carbons (Fsp3) is 0.450. The molecule has 1 aromatic heterocycles. The van der Waals surface area contributed by atoms with Crippen LogP contribution in [0.3, 0.4) is 0 Å². The van der Waals surface area contributed by atoms with E-state index in [9.17, 15) is 4.79 Å². The first kappa shape index (κ1) is 17.0. The summed E-state index contributed by atoms with van der Waals surface area (Å²) in [4.78, 5) is 14.3. The number of likely N-dealkylation sites (tertiary alicyclic amines) is 1. The highest BCUT2D eigenvalue weighted by Crippen LogP contribution is 2.42. The summed E-state index contributed by atoms with van der Waals surface area (Å²) in [6.07, 6.45) is 3.99. The minimum Gasteiger partial charge on any atom is -0.493 e. The van der Waals surface area contributed by atoms with Crippen molar-refractivity contribution in [2.75, 3.05) is 27.0 Å². The summed E-state index contributed by atoms with van der Waals surface area (Å²) in [5.41, 5.74) is 2.40. The Morgan fingerprint density at radius 3 is 2.73 bits per heavy atom. The van der Waals surface area contributed by atoms with Gasteiger partial charge in [0, 0.05) is 25.9 Å². The molecular weight excluding hydrogens is 332 g/mol. The van der Waals surface area contributed by atoms with Gasteiger partial charge in [0.2, 0.25) is 12.5 Å². The Morgan fingerprint density at radius 1 is 1.19 bits per heavy atom. The van der Waals surface area contributed by atoms with Crippen LogP contribution in [0.15, 0.2) is 35.3 Å². The van der Waals surface area contributed by atoms with Crippen molar-refractivity contribution < 1.29 is 14.2 Å². The van der Waals surface area contributed by atoms with Gasteiger partial charge in [-0.1, -0.05) is 0 Å². The van der Waals surface area contributed by atoms with E-state index in [4.69, 9.17) is 14.2 Å². The molecule has 0 amide bonds. The van der Waals surface area contributed by atoms with Crippen molar-refractivity contribution in [2.24, 2.45) is 7.05 Å². The maximum absolute atomic E-state index is 11.9. The van der Waals surface area contributed by atoms with Crippen molar-refractivity contribution in [1.29, 1.82) is 0 Å². The smallest absolute Gasteiger partial charge is 0.250 e. The van der Waals surface area contributed by atoms with Gasteiger partial charge in [0.25, 0.3) is 5.56 Å². The summed E-state index contributed by atoms with van der Waals surface area (Å²) in [6.45, 7) is 3.13. The molecule has 138 valence electrons. The minimum atomic E-state index is 0.0670.